The number of rotatable bonds is 33. The van der Waals surface area contributed by atoms with Crippen molar-refractivity contribution in [3.05, 3.63) is 60.8 Å². The second-order valence-electron chi connectivity index (χ2n) is 14.1. The maximum atomic E-state index is 12.8. The van der Waals surface area contributed by atoms with Crippen LogP contribution in [0.3, 0.4) is 0 Å². The van der Waals surface area contributed by atoms with E-state index in [9.17, 15) is 24.5 Å². The Labute approximate surface area is 305 Å². The molecule has 4 atom stereocenters. The molecule has 0 aromatic heterocycles. The average molecular weight is 726 g/mol. The van der Waals surface area contributed by atoms with Gasteiger partial charge < -0.3 is 24.9 Å². The van der Waals surface area contributed by atoms with Crippen molar-refractivity contribution >= 4 is 13.7 Å². The molecule has 0 radical (unpaired) electrons. The number of phosphoric acid groups is 1. The number of nitrogens with zero attached hydrogens (tertiary/aromatic N) is 1. The molecular weight excluding hydrogens is 651 g/mol. The third-order valence-electron chi connectivity index (χ3n) is 8.05. The summed E-state index contributed by atoms with van der Waals surface area (Å²) in [6.07, 6.45) is 36.2. The molecule has 290 valence electrons. The number of unbranched alkanes of at least 4 members (excludes halogenated alkanes) is 12. The molecule has 0 heterocycles. The van der Waals surface area contributed by atoms with Crippen LogP contribution in [0.1, 0.15) is 129 Å². The Hall–Kier alpha value is -1.84. The Kier molecular flexibility index (Phi) is 30.7. The number of hydrogen-bond donors (Lipinski definition) is 4. The number of allylic oxidation sites excluding steroid dienone is 7. The lowest BCUT2D eigenvalue weighted by atomic mass is 10.1. The fraction of sp³-hybridized carbons (Fsp3) is 0.725. The van der Waals surface area contributed by atoms with E-state index < -0.39 is 26.1 Å². The number of quaternary nitrogens is 1. The van der Waals surface area contributed by atoms with Gasteiger partial charge >= 0.3 is 7.82 Å². The summed E-state index contributed by atoms with van der Waals surface area (Å²) < 4.78 is 23.4. The van der Waals surface area contributed by atoms with Crippen LogP contribution in [0.5, 0.6) is 0 Å². The number of aliphatic hydroxyl groups is 2. The summed E-state index contributed by atoms with van der Waals surface area (Å²) >= 11 is 0. The molecule has 4 N–H and O–H groups in total. The molecule has 0 spiro atoms. The minimum absolute atomic E-state index is 0.0395. The molecule has 2 unspecified atom stereocenters. The van der Waals surface area contributed by atoms with Gasteiger partial charge in [-0.3, -0.25) is 13.8 Å². The standard InChI is InChI=1S/C40H73N2O7P/c1-6-8-10-11-12-13-14-15-18-21-24-28-32-39(44)38(36-49-50(46,47)48-35-34-42(3,4)5)41-40(45)33-29-25-22-19-16-17-20-23-27-31-37(43)30-26-9-7-2/h9,15,18,20,23,26-28,31-32,37-39,43-44H,6-8,10-14,16-17,19,21-22,24-25,29-30,33-36H2,1-5H3,(H-,41,45,46,47)/p+1/b18-15-,23-20+,26-9+,31-27+,32-28+/t37?,38-,39+/m0/s1. The van der Waals surface area contributed by atoms with Crippen LogP contribution < -0.4 is 5.32 Å². The lowest BCUT2D eigenvalue weighted by molar-refractivity contribution is -0.870. The van der Waals surface area contributed by atoms with Crippen molar-refractivity contribution in [1.29, 1.82) is 0 Å². The Balaban J connectivity index is 4.66. The Bertz CT molecular complexity index is 1020. The first-order chi connectivity index (χ1) is 23.9. The molecule has 0 fully saturated rings. The predicted octanol–water partition coefficient (Wildman–Crippen LogP) is 8.88. The Morgan fingerprint density at radius 1 is 0.740 bits per heavy atom. The molecule has 0 aromatic rings. The first-order valence-corrected chi connectivity index (χ1v) is 20.8. The van der Waals surface area contributed by atoms with Crippen LogP contribution in [-0.2, 0) is 18.4 Å². The van der Waals surface area contributed by atoms with Gasteiger partial charge in [0.25, 0.3) is 0 Å². The van der Waals surface area contributed by atoms with Crippen LogP contribution in [0.4, 0.5) is 0 Å². The zero-order valence-electron chi connectivity index (χ0n) is 32.2. The summed E-state index contributed by atoms with van der Waals surface area (Å²) in [4.78, 5) is 23.0. The van der Waals surface area contributed by atoms with Crippen LogP contribution in [0.25, 0.3) is 0 Å². The molecule has 0 saturated heterocycles. The molecule has 0 aliphatic carbocycles. The highest BCUT2D eigenvalue weighted by atomic mass is 31.2. The van der Waals surface area contributed by atoms with Gasteiger partial charge in [-0.15, -0.1) is 0 Å². The number of aliphatic hydroxyl groups excluding tert-OH is 2. The molecule has 10 heteroatoms. The van der Waals surface area contributed by atoms with E-state index in [1.165, 1.54) is 38.5 Å². The molecule has 0 bridgehead atoms. The zero-order chi connectivity index (χ0) is 37.4. The summed E-state index contributed by atoms with van der Waals surface area (Å²) in [6, 6.07) is -0.890. The van der Waals surface area contributed by atoms with E-state index in [0.717, 1.165) is 57.8 Å². The maximum Gasteiger partial charge on any atom is 0.472 e. The molecule has 0 saturated carbocycles. The number of carbonyl (C=O) groups is 1. The SMILES string of the molecule is CC/C=C/CC(O)/C=C/C=C/CCCCCCCC(=O)N[C@@H](COP(=O)(O)OCC[N+](C)(C)C)[C@H](O)/C=C/CC/C=C\CCCCCCCC. The minimum atomic E-state index is -4.36. The molecule has 50 heavy (non-hydrogen) atoms. The molecule has 0 aliphatic heterocycles. The van der Waals surface area contributed by atoms with E-state index in [1.807, 2.05) is 45.4 Å². The lowest BCUT2D eigenvalue weighted by Crippen LogP contribution is -2.45. The van der Waals surface area contributed by atoms with Crippen LogP contribution in [0, 0.1) is 0 Å². The van der Waals surface area contributed by atoms with Crippen LogP contribution in [0.2, 0.25) is 0 Å². The van der Waals surface area contributed by atoms with Gasteiger partial charge in [0.1, 0.15) is 13.2 Å². The van der Waals surface area contributed by atoms with Gasteiger partial charge in [-0.25, -0.2) is 4.57 Å². The van der Waals surface area contributed by atoms with E-state index in [-0.39, 0.29) is 19.1 Å². The van der Waals surface area contributed by atoms with Gasteiger partial charge in [0.05, 0.1) is 46.0 Å². The first kappa shape index (κ1) is 48.2. The number of carbonyl (C=O) groups excluding carboxylic acids is 1. The van der Waals surface area contributed by atoms with Gasteiger partial charge in [0.2, 0.25) is 5.91 Å². The van der Waals surface area contributed by atoms with Crippen LogP contribution in [0.15, 0.2) is 60.8 Å². The number of nitrogens with one attached hydrogen (secondary N) is 1. The summed E-state index contributed by atoms with van der Waals surface area (Å²) in [5, 5.41) is 23.6. The smallest absolute Gasteiger partial charge is 0.389 e. The van der Waals surface area contributed by atoms with Crippen molar-refractivity contribution in [2.45, 2.75) is 148 Å². The minimum Gasteiger partial charge on any atom is -0.389 e. The second kappa shape index (κ2) is 31.9. The van der Waals surface area contributed by atoms with Crippen molar-refractivity contribution in [2.24, 2.45) is 0 Å². The summed E-state index contributed by atoms with van der Waals surface area (Å²) in [7, 11) is 1.49. The van der Waals surface area contributed by atoms with E-state index in [2.05, 4.69) is 43.5 Å². The van der Waals surface area contributed by atoms with Gasteiger partial charge in [-0.1, -0.05) is 126 Å². The molecule has 1 amide bonds. The monoisotopic (exact) mass is 726 g/mol. The quantitative estimate of drug-likeness (QED) is 0.0175. The lowest BCUT2D eigenvalue weighted by Gasteiger charge is -2.25. The molecular formula is C40H74N2O7P+. The number of amides is 1. The van der Waals surface area contributed by atoms with Crippen molar-refractivity contribution in [2.75, 3.05) is 40.9 Å². The summed E-state index contributed by atoms with van der Waals surface area (Å²) in [5.41, 5.74) is 0. The fourth-order valence-corrected chi connectivity index (χ4v) is 5.65. The third kappa shape index (κ3) is 33.3. The van der Waals surface area contributed by atoms with Gasteiger partial charge in [-0.2, -0.15) is 0 Å². The third-order valence-corrected chi connectivity index (χ3v) is 9.04. The zero-order valence-corrected chi connectivity index (χ0v) is 33.1. The van der Waals surface area contributed by atoms with Gasteiger partial charge in [0, 0.05) is 6.42 Å². The number of likely N-dealkylation sites (N-methyl/N-ethyl adjacent to an activating group) is 1. The highest BCUT2D eigenvalue weighted by Gasteiger charge is 2.27. The topological polar surface area (TPSA) is 125 Å². The Morgan fingerprint density at radius 3 is 2.04 bits per heavy atom. The first-order valence-electron chi connectivity index (χ1n) is 19.3. The second-order valence-corrected chi connectivity index (χ2v) is 15.6. The molecule has 0 aromatic carbocycles. The predicted molar refractivity (Wildman–Crippen MR) is 209 cm³/mol. The summed E-state index contributed by atoms with van der Waals surface area (Å²) in [5.74, 6) is -0.232. The molecule has 9 nitrogen and oxygen atoms in total. The maximum absolute atomic E-state index is 12.8. The van der Waals surface area contributed by atoms with Crippen molar-refractivity contribution < 1.29 is 38.0 Å². The van der Waals surface area contributed by atoms with Crippen molar-refractivity contribution in [1.82, 2.24) is 5.32 Å². The van der Waals surface area contributed by atoms with E-state index >= 15 is 0 Å². The van der Waals surface area contributed by atoms with Gasteiger partial charge in [-0.05, 0) is 57.8 Å². The van der Waals surface area contributed by atoms with E-state index in [4.69, 9.17) is 9.05 Å². The Morgan fingerprint density at radius 2 is 1.36 bits per heavy atom. The highest BCUT2D eigenvalue weighted by Crippen LogP contribution is 2.43. The molecule has 0 aliphatic rings. The molecule has 0 rings (SSSR count). The normalized spacial score (nSPS) is 15.9. The highest BCUT2D eigenvalue weighted by molar-refractivity contribution is 7.47. The van der Waals surface area contributed by atoms with Crippen molar-refractivity contribution in [3.8, 4) is 0 Å². The van der Waals surface area contributed by atoms with E-state index in [0.29, 0.717) is 30.3 Å². The fourth-order valence-electron chi connectivity index (χ4n) is 4.91. The number of hydrogen-bond acceptors (Lipinski definition) is 6. The van der Waals surface area contributed by atoms with Crippen LogP contribution >= 0.6 is 7.82 Å². The van der Waals surface area contributed by atoms with Crippen molar-refractivity contribution in [3.63, 3.8) is 0 Å². The average Bonchev–Trinajstić information content (AvgIpc) is 3.05. The van der Waals surface area contributed by atoms with Crippen LogP contribution in [-0.4, -0.2) is 84.6 Å². The van der Waals surface area contributed by atoms with Gasteiger partial charge in [0.15, 0.2) is 0 Å². The van der Waals surface area contributed by atoms with E-state index in [1.54, 1.807) is 12.2 Å². The summed E-state index contributed by atoms with van der Waals surface area (Å²) in [6.45, 7) is 4.50. The largest absolute Gasteiger partial charge is 0.472 e. The number of phosphoric ester groups is 1.